The Labute approximate surface area is 181 Å². The standard InChI is InChI=1S/C17H25N7O8/c1-7(17(31)32)22-15(29)11(4-12(19)25)24-16(30)10(2-8-5-20-6-21-8)23-14(28)9(18)3-13(26)27/h5-7,9-11H,2-4,18H2,1H3,(H2,19,25)(H,20,21)(H,22,29)(H,23,28)(H,24,30)(H,26,27)(H,31,32). The number of carbonyl (C=O) groups excluding carboxylic acids is 4. The number of imidazole rings is 1. The van der Waals surface area contributed by atoms with Crippen LogP contribution < -0.4 is 27.4 Å². The van der Waals surface area contributed by atoms with Gasteiger partial charge in [0.05, 0.1) is 25.2 Å². The Morgan fingerprint density at radius 1 is 1.00 bits per heavy atom. The van der Waals surface area contributed by atoms with Crippen molar-refractivity contribution in [2.24, 2.45) is 11.5 Å². The maximum Gasteiger partial charge on any atom is 0.325 e. The van der Waals surface area contributed by atoms with Gasteiger partial charge in [-0.2, -0.15) is 0 Å². The molecule has 4 atom stereocenters. The van der Waals surface area contributed by atoms with E-state index in [1.54, 1.807) is 0 Å². The molecule has 0 aliphatic heterocycles. The molecule has 4 amide bonds. The molecule has 0 aliphatic rings. The van der Waals surface area contributed by atoms with Gasteiger partial charge in [0.1, 0.15) is 18.1 Å². The Morgan fingerprint density at radius 2 is 1.59 bits per heavy atom. The lowest BCUT2D eigenvalue weighted by Gasteiger charge is -2.24. The van der Waals surface area contributed by atoms with Crippen molar-refractivity contribution >= 4 is 35.6 Å². The van der Waals surface area contributed by atoms with E-state index in [1.165, 1.54) is 19.4 Å². The molecule has 0 saturated heterocycles. The molecule has 1 heterocycles. The van der Waals surface area contributed by atoms with Crippen LogP contribution in [0.25, 0.3) is 0 Å². The molecule has 176 valence electrons. The number of aliphatic carboxylic acids is 2. The molecule has 0 aliphatic carbocycles. The van der Waals surface area contributed by atoms with Gasteiger partial charge in [-0.25, -0.2) is 4.98 Å². The van der Waals surface area contributed by atoms with Crippen molar-refractivity contribution in [1.82, 2.24) is 25.9 Å². The molecule has 15 nitrogen and oxygen atoms in total. The van der Waals surface area contributed by atoms with Gasteiger partial charge in [-0.1, -0.05) is 0 Å². The third-order valence-corrected chi connectivity index (χ3v) is 4.11. The predicted molar refractivity (Wildman–Crippen MR) is 105 cm³/mol. The van der Waals surface area contributed by atoms with Gasteiger partial charge < -0.3 is 42.6 Å². The summed E-state index contributed by atoms with van der Waals surface area (Å²) in [6, 6.07) is -5.64. The largest absolute Gasteiger partial charge is 0.481 e. The van der Waals surface area contributed by atoms with Gasteiger partial charge in [0.25, 0.3) is 0 Å². The van der Waals surface area contributed by atoms with Crippen LogP contribution in [0.3, 0.4) is 0 Å². The van der Waals surface area contributed by atoms with Crippen molar-refractivity contribution in [1.29, 1.82) is 0 Å². The fourth-order valence-corrected chi connectivity index (χ4v) is 2.44. The average Bonchev–Trinajstić information content (AvgIpc) is 3.18. The van der Waals surface area contributed by atoms with Crippen LogP contribution in [-0.2, 0) is 35.2 Å². The highest BCUT2D eigenvalue weighted by atomic mass is 16.4. The predicted octanol–water partition coefficient (Wildman–Crippen LogP) is -3.81. The first-order valence-corrected chi connectivity index (χ1v) is 9.27. The van der Waals surface area contributed by atoms with Crippen molar-refractivity contribution in [3.63, 3.8) is 0 Å². The van der Waals surface area contributed by atoms with Gasteiger partial charge in [0.2, 0.25) is 23.6 Å². The molecule has 15 heteroatoms. The summed E-state index contributed by atoms with van der Waals surface area (Å²) in [6.45, 7) is 1.18. The second-order valence-corrected chi connectivity index (χ2v) is 6.85. The zero-order valence-electron chi connectivity index (χ0n) is 17.0. The minimum absolute atomic E-state index is 0.145. The molecule has 0 fully saturated rings. The number of nitrogens with one attached hydrogen (secondary N) is 4. The molecular weight excluding hydrogens is 430 g/mol. The number of carbonyl (C=O) groups is 6. The van der Waals surface area contributed by atoms with Crippen molar-refractivity contribution in [3.8, 4) is 0 Å². The molecule has 0 radical (unpaired) electrons. The first kappa shape index (κ1) is 26.0. The summed E-state index contributed by atoms with van der Waals surface area (Å²) in [6.07, 6.45) is 1.20. The highest BCUT2D eigenvalue weighted by molar-refractivity contribution is 5.96. The van der Waals surface area contributed by atoms with Crippen molar-refractivity contribution in [3.05, 3.63) is 18.2 Å². The Balaban J connectivity index is 3.01. The van der Waals surface area contributed by atoms with E-state index in [2.05, 4.69) is 25.9 Å². The summed E-state index contributed by atoms with van der Waals surface area (Å²) in [5, 5.41) is 24.3. The molecule has 32 heavy (non-hydrogen) atoms. The van der Waals surface area contributed by atoms with Crippen LogP contribution in [0.15, 0.2) is 12.5 Å². The number of amides is 4. The molecule has 0 bridgehead atoms. The number of hydrogen-bond acceptors (Lipinski definition) is 8. The van der Waals surface area contributed by atoms with Crippen molar-refractivity contribution < 1.29 is 39.0 Å². The molecule has 4 unspecified atom stereocenters. The maximum absolute atomic E-state index is 12.8. The fraction of sp³-hybridized carbons (Fsp3) is 0.471. The number of carboxylic acid groups (broad SMARTS) is 2. The van der Waals surface area contributed by atoms with Gasteiger partial charge in [0.15, 0.2) is 0 Å². The van der Waals surface area contributed by atoms with Crippen LogP contribution >= 0.6 is 0 Å². The quantitative estimate of drug-likeness (QED) is 0.144. The Morgan fingerprint density at radius 3 is 2.09 bits per heavy atom. The fourth-order valence-electron chi connectivity index (χ4n) is 2.44. The number of hydrogen-bond donors (Lipinski definition) is 8. The molecule has 10 N–H and O–H groups in total. The maximum atomic E-state index is 12.8. The third kappa shape index (κ3) is 8.78. The number of nitrogens with zero attached hydrogens (tertiary/aromatic N) is 1. The van der Waals surface area contributed by atoms with Gasteiger partial charge in [-0.15, -0.1) is 0 Å². The lowest BCUT2D eigenvalue weighted by molar-refractivity contribution is -0.142. The minimum Gasteiger partial charge on any atom is -0.481 e. The Bertz CT molecular complexity index is 857. The number of nitrogens with two attached hydrogens (primary N) is 2. The summed E-state index contributed by atoms with van der Waals surface area (Å²) in [7, 11) is 0. The highest BCUT2D eigenvalue weighted by Crippen LogP contribution is 2.03. The summed E-state index contributed by atoms with van der Waals surface area (Å²) in [4.78, 5) is 76.9. The summed E-state index contributed by atoms with van der Waals surface area (Å²) >= 11 is 0. The molecule has 0 spiro atoms. The van der Waals surface area contributed by atoms with E-state index in [4.69, 9.17) is 21.7 Å². The number of aromatic amines is 1. The third-order valence-electron chi connectivity index (χ3n) is 4.11. The molecule has 0 saturated carbocycles. The van der Waals surface area contributed by atoms with Crippen LogP contribution in [0, 0.1) is 0 Å². The van der Waals surface area contributed by atoms with Crippen LogP contribution in [-0.4, -0.2) is 79.9 Å². The van der Waals surface area contributed by atoms with E-state index >= 15 is 0 Å². The number of rotatable bonds is 13. The van der Waals surface area contributed by atoms with Crippen LogP contribution in [0.5, 0.6) is 0 Å². The summed E-state index contributed by atoms with van der Waals surface area (Å²) < 4.78 is 0. The van der Waals surface area contributed by atoms with Crippen molar-refractivity contribution in [2.75, 3.05) is 0 Å². The SMILES string of the molecule is CC(NC(=O)C(CC(N)=O)NC(=O)C(Cc1cnc[nH]1)NC(=O)C(N)CC(=O)O)C(=O)O. The van der Waals surface area contributed by atoms with Crippen molar-refractivity contribution in [2.45, 2.75) is 50.4 Å². The summed E-state index contributed by atoms with van der Waals surface area (Å²) in [5.74, 6) is -6.48. The first-order valence-electron chi connectivity index (χ1n) is 9.27. The lowest BCUT2D eigenvalue weighted by Crippen LogP contribution is -2.58. The number of carboxylic acids is 2. The molecule has 1 rings (SSSR count). The minimum atomic E-state index is -1.53. The van der Waals surface area contributed by atoms with E-state index in [0.717, 1.165) is 0 Å². The molecule has 1 aromatic rings. The van der Waals surface area contributed by atoms with Crippen LogP contribution in [0.2, 0.25) is 0 Å². The van der Waals surface area contributed by atoms with E-state index < -0.39 is 72.6 Å². The smallest absolute Gasteiger partial charge is 0.325 e. The zero-order valence-corrected chi connectivity index (χ0v) is 17.0. The van der Waals surface area contributed by atoms with Crippen LogP contribution in [0.4, 0.5) is 0 Å². The number of H-pyrrole nitrogens is 1. The Kier molecular flexibility index (Phi) is 9.75. The second kappa shape index (κ2) is 12.0. The topological polar surface area (TPSA) is 260 Å². The van der Waals surface area contributed by atoms with Gasteiger partial charge in [0, 0.05) is 18.3 Å². The number of primary amides is 1. The lowest BCUT2D eigenvalue weighted by atomic mass is 10.1. The van der Waals surface area contributed by atoms with Crippen LogP contribution in [0.1, 0.15) is 25.5 Å². The van der Waals surface area contributed by atoms with E-state index in [1.807, 2.05) is 0 Å². The number of aromatic nitrogens is 2. The normalized spacial score (nSPS) is 14.3. The highest BCUT2D eigenvalue weighted by Gasteiger charge is 2.31. The average molecular weight is 455 g/mol. The monoisotopic (exact) mass is 455 g/mol. The Hall–Kier alpha value is -4.01. The molecule has 1 aromatic heterocycles. The van der Waals surface area contributed by atoms with Gasteiger partial charge in [-0.3, -0.25) is 28.8 Å². The van der Waals surface area contributed by atoms with Gasteiger partial charge in [-0.05, 0) is 6.92 Å². The molecular formula is C17H25N7O8. The summed E-state index contributed by atoms with van der Waals surface area (Å²) in [5.41, 5.74) is 11.0. The van der Waals surface area contributed by atoms with E-state index in [9.17, 15) is 28.8 Å². The van der Waals surface area contributed by atoms with Gasteiger partial charge >= 0.3 is 11.9 Å². The molecule has 0 aromatic carbocycles. The first-order chi connectivity index (χ1) is 14.9. The van der Waals surface area contributed by atoms with E-state index in [0.29, 0.717) is 5.69 Å². The second-order valence-electron chi connectivity index (χ2n) is 6.85. The zero-order chi connectivity index (χ0) is 24.4. The van der Waals surface area contributed by atoms with E-state index in [-0.39, 0.29) is 6.42 Å².